The molecule has 1 unspecified atom stereocenters. The Morgan fingerprint density at radius 1 is 1.16 bits per heavy atom. The van der Waals surface area contributed by atoms with Crippen molar-refractivity contribution in [3.05, 3.63) is 59.9 Å². The minimum Gasteiger partial charge on any atom is -0.506 e. The van der Waals surface area contributed by atoms with Crippen LogP contribution < -0.4 is 0 Å². The number of hydrogen-bond donors (Lipinski definition) is 2. The number of rotatable bonds is 5. The molecule has 0 saturated heterocycles. The van der Waals surface area contributed by atoms with Crippen molar-refractivity contribution < 1.29 is 10.2 Å². The first-order chi connectivity index (χ1) is 9.16. The lowest BCUT2D eigenvalue weighted by molar-refractivity contribution is 0.122. The van der Waals surface area contributed by atoms with E-state index in [2.05, 4.69) is 4.98 Å². The Labute approximate surface area is 113 Å². The number of benzene rings is 1. The smallest absolute Gasteiger partial charge is 0.138 e. The molecular formula is C15H18N2O2. The van der Waals surface area contributed by atoms with Crippen LogP contribution in [0.5, 0.6) is 5.75 Å². The Hall–Kier alpha value is -1.91. The van der Waals surface area contributed by atoms with Gasteiger partial charge in [0.1, 0.15) is 5.75 Å². The zero-order valence-corrected chi connectivity index (χ0v) is 10.9. The number of pyridine rings is 1. The van der Waals surface area contributed by atoms with Gasteiger partial charge in [-0.2, -0.15) is 0 Å². The van der Waals surface area contributed by atoms with Gasteiger partial charge in [-0.05, 0) is 24.7 Å². The van der Waals surface area contributed by atoms with Crippen LogP contribution >= 0.6 is 0 Å². The van der Waals surface area contributed by atoms with Crippen molar-refractivity contribution in [1.29, 1.82) is 0 Å². The standard InChI is InChI=1S/C15H18N2O2/c1-17(10-13-14(18)8-5-9-16-13)11-15(19)12-6-3-2-4-7-12/h2-9,15,18-19H,10-11H2,1H3. The highest BCUT2D eigenvalue weighted by Crippen LogP contribution is 2.17. The van der Waals surface area contributed by atoms with Gasteiger partial charge in [-0.1, -0.05) is 30.3 Å². The Morgan fingerprint density at radius 3 is 2.58 bits per heavy atom. The van der Waals surface area contributed by atoms with E-state index in [1.165, 1.54) is 0 Å². The van der Waals surface area contributed by atoms with Gasteiger partial charge in [0.15, 0.2) is 0 Å². The molecule has 0 amide bonds. The maximum absolute atomic E-state index is 10.1. The zero-order valence-electron chi connectivity index (χ0n) is 10.9. The molecule has 1 heterocycles. The molecule has 0 fully saturated rings. The van der Waals surface area contributed by atoms with Crippen LogP contribution in [0.1, 0.15) is 17.4 Å². The van der Waals surface area contributed by atoms with Crippen LogP contribution in [-0.4, -0.2) is 33.7 Å². The monoisotopic (exact) mass is 258 g/mol. The normalized spacial score (nSPS) is 12.6. The van der Waals surface area contributed by atoms with Crippen molar-refractivity contribution in [2.75, 3.05) is 13.6 Å². The number of hydrogen-bond acceptors (Lipinski definition) is 4. The minimum absolute atomic E-state index is 0.184. The summed E-state index contributed by atoms with van der Waals surface area (Å²) in [5.41, 5.74) is 1.50. The second-order valence-electron chi connectivity index (χ2n) is 4.59. The van der Waals surface area contributed by atoms with Crippen LogP contribution in [0.4, 0.5) is 0 Å². The molecule has 0 aliphatic rings. The SMILES string of the molecule is CN(Cc1ncccc1O)CC(O)c1ccccc1. The third-order valence-electron chi connectivity index (χ3n) is 2.95. The molecule has 2 aromatic rings. The lowest BCUT2D eigenvalue weighted by Crippen LogP contribution is -2.24. The minimum atomic E-state index is -0.544. The van der Waals surface area contributed by atoms with Crippen molar-refractivity contribution in [1.82, 2.24) is 9.88 Å². The second-order valence-corrected chi connectivity index (χ2v) is 4.59. The van der Waals surface area contributed by atoms with Crippen LogP contribution in [0.15, 0.2) is 48.7 Å². The van der Waals surface area contributed by atoms with Gasteiger partial charge in [-0.25, -0.2) is 0 Å². The summed E-state index contributed by atoms with van der Waals surface area (Å²) in [6.45, 7) is 0.983. The maximum Gasteiger partial charge on any atom is 0.138 e. The Balaban J connectivity index is 1.95. The van der Waals surface area contributed by atoms with E-state index in [1.54, 1.807) is 18.3 Å². The number of nitrogens with zero attached hydrogens (tertiary/aromatic N) is 2. The summed E-state index contributed by atoms with van der Waals surface area (Å²) in [5.74, 6) is 0.184. The van der Waals surface area contributed by atoms with E-state index in [4.69, 9.17) is 0 Å². The molecule has 1 atom stereocenters. The van der Waals surface area contributed by atoms with Crippen LogP contribution in [-0.2, 0) is 6.54 Å². The average molecular weight is 258 g/mol. The van der Waals surface area contributed by atoms with E-state index in [0.717, 1.165) is 5.56 Å². The van der Waals surface area contributed by atoms with Crippen LogP contribution in [0.3, 0.4) is 0 Å². The first-order valence-corrected chi connectivity index (χ1v) is 6.21. The summed E-state index contributed by atoms with van der Waals surface area (Å²) in [4.78, 5) is 6.06. The van der Waals surface area contributed by atoms with Gasteiger partial charge < -0.3 is 10.2 Å². The van der Waals surface area contributed by atoms with Crippen molar-refractivity contribution in [2.45, 2.75) is 12.6 Å². The van der Waals surface area contributed by atoms with Gasteiger partial charge in [0.2, 0.25) is 0 Å². The first-order valence-electron chi connectivity index (χ1n) is 6.21. The molecule has 0 spiro atoms. The summed E-state index contributed by atoms with van der Waals surface area (Å²) < 4.78 is 0. The van der Waals surface area contributed by atoms with Gasteiger partial charge in [0.05, 0.1) is 11.8 Å². The number of aliphatic hydroxyl groups is 1. The summed E-state index contributed by atoms with van der Waals surface area (Å²) in [5, 5.41) is 19.8. The fourth-order valence-corrected chi connectivity index (χ4v) is 1.95. The lowest BCUT2D eigenvalue weighted by Gasteiger charge is -2.20. The molecule has 0 aliphatic carbocycles. The molecule has 1 aromatic carbocycles. The van der Waals surface area contributed by atoms with Gasteiger partial charge in [0, 0.05) is 19.3 Å². The van der Waals surface area contributed by atoms with Crippen molar-refractivity contribution in [3.8, 4) is 5.75 Å². The van der Waals surface area contributed by atoms with Gasteiger partial charge in [0.25, 0.3) is 0 Å². The van der Waals surface area contributed by atoms with E-state index in [0.29, 0.717) is 18.8 Å². The van der Waals surface area contributed by atoms with E-state index < -0.39 is 6.10 Å². The molecule has 1 aromatic heterocycles. The summed E-state index contributed by atoms with van der Waals surface area (Å²) in [7, 11) is 1.89. The highest BCUT2D eigenvalue weighted by molar-refractivity contribution is 5.24. The summed E-state index contributed by atoms with van der Waals surface area (Å²) in [6.07, 6.45) is 1.10. The van der Waals surface area contributed by atoms with E-state index >= 15 is 0 Å². The molecule has 4 heteroatoms. The third kappa shape index (κ3) is 3.77. The van der Waals surface area contributed by atoms with Crippen molar-refractivity contribution >= 4 is 0 Å². The number of aromatic hydroxyl groups is 1. The Kier molecular flexibility index (Phi) is 4.49. The second kappa shape index (κ2) is 6.31. The fraction of sp³-hybridized carbons (Fsp3) is 0.267. The maximum atomic E-state index is 10.1. The van der Waals surface area contributed by atoms with E-state index in [-0.39, 0.29) is 5.75 Å². The molecule has 19 heavy (non-hydrogen) atoms. The van der Waals surface area contributed by atoms with Gasteiger partial charge in [-0.15, -0.1) is 0 Å². The van der Waals surface area contributed by atoms with Crippen LogP contribution in [0.25, 0.3) is 0 Å². The van der Waals surface area contributed by atoms with E-state index in [1.807, 2.05) is 42.3 Å². The predicted molar refractivity (Wildman–Crippen MR) is 73.6 cm³/mol. The fourth-order valence-electron chi connectivity index (χ4n) is 1.95. The van der Waals surface area contributed by atoms with Gasteiger partial charge >= 0.3 is 0 Å². The molecular weight excluding hydrogens is 240 g/mol. The number of aliphatic hydroxyl groups excluding tert-OH is 1. The first kappa shape index (κ1) is 13.5. The van der Waals surface area contributed by atoms with Gasteiger partial charge in [-0.3, -0.25) is 9.88 Å². The molecule has 2 rings (SSSR count). The highest BCUT2D eigenvalue weighted by atomic mass is 16.3. The molecule has 4 nitrogen and oxygen atoms in total. The van der Waals surface area contributed by atoms with Crippen LogP contribution in [0, 0.1) is 0 Å². The largest absolute Gasteiger partial charge is 0.506 e. The molecule has 0 aliphatic heterocycles. The molecule has 0 bridgehead atoms. The molecule has 0 saturated carbocycles. The van der Waals surface area contributed by atoms with Crippen molar-refractivity contribution in [2.24, 2.45) is 0 Å². The summed E-state index contributed by atoms with van der Waals surface area (Å²) >= 11 is 0. The molecule has 2 N–H and O–H groups in total. The Morgan fingerprint density at radius 2 is 1.89 bits per heavy atom. The molecule has 0 radical (unpaired) electrons. The quantitative estimate of drug-likeness (QED) is 0.860. The zero-order chi connectivity index (χ0) is 13.7. The number of aromatic nitrogens is 1. The lowest BCUT2D eigenvalue weighted by atomic mass is 10.1. The third-order valence-corrected chi connectivity index (χ3v) is 2.95. The van der Waals surface area contributed by atoms with Crippen LogP contribution in [0.2, 0.25) is 0 Å². The van der Waals surface area contributed by atoms with E-state index in [9.17, 15) is 10.2 Å². The highest BCUT2D eigenvalue weighted by Gasteiger charge is 2.12. The number of likely N-dealkylation sites (N-methyl/N-ethyl adjacent to an activating group) is 1. The summed E-state index contributed by atoms with van der Waals surface area (Å²) in [6, 6.07) is 12.8. The topological polar surface area (TPSA) is 56.6 Å². The average Bonchev–Trinajstić information content (AvgIpc) is 2.42. The predicted octanol–water partition coefficient (Wildman–Crippen LogP) is 1.95. The Bertz CT molecular complexity index is 517. The van der Waals surface area contributed by atoms with Crippen molar-refractivity contribution in [3.63, 3.8) is 0 Å². The molecule has 100 valence electrons.